The lowest BCUT2D eigenvalue weighted by Gasteiger charge is -2.32. The minimum absolute atomic E-state index is 0.198. The monoisotopic (exact) mass is 343 g/mol. The Morgan fingerprint density at radius 2 is 1.84 bits per heavy atom. The molecule has 1 amide bonds. The molecule has 2 saturated heterocycles. The van der Waals surface area contributed by atoms with Crippen LogP contribution in [0.15, 0.2) is 24.3 Å². The maximum absolute atomic E-state index is 12.2. The lowest BCUT2D eigenvalue weighted by molar-refractivity contribution is -0.122. The van der Waals surface area contributed by atoms with E-state index in [1.807, 2.05) is 0 Å². The number of carbonyl (C=O) groups excluding carboxylic acids is 1. The molecule has 2 heterocycles. The predicted molar refractivity (Wildman–Crippen MR) is 104 cm³/mol. The fraction of sp³-hybridized carbons (Fsp3) is 0.667. The molecular formula is C21H33N3O. The molecule has 2 fully saturated rings. The quantitative estimate of drug-likeness (QED) is 0.891. The third-order valence-electron chi connectivity index (χ3n) is 5.76. The van der Waals surface area contributed by atoms with Crippen LogP contribution in [0.2, 0.25) is 0 Å². The number of anilines is 1. The molecule has 1 aromatic carbocycles. The first-order valence-corrected chi connectivity index (χ1v) is 9.89. The Hall–Kier alpha value is -1.55. The summed E-state index contributed by atoms with van der Waals surface area (Å²) in [6.07, 6.45) is 5.60. The highest BCUT2D eigenvalue weighted by Crippen LogP contribution is 2.23. The number of hydrogen-bond donors (Lipinski definition) is 1. The van der Waals surface area contributed by atoms with E-state index in [1.165, 1.54) is 24.1 Å². The molecule has 25 heavy (non-hydrogen) atoms. The number of hydrogen-bond acceptors (Lipinski definition) is 3. The first kappa shape index (κ1) is 18.2. The Balaban J connectivity index is 1.43. The van der Waals surface area contributed by atoms with Gasteiger partial charge in [0.15, 0.2) is 0 Å². The highest BCUT2D eigenvalue weighted by Gasteiger charge is 2.19. The van der Waals surface area contributed by atoms with Gasteiger partial charge >= 0.3 is 0 Å². The summed E-state index contributed by atoms with van der Waals surface area (Å²) in [7, 11) is 2.16. The van der Waals surface area contributed by atoms with Crippen molar-refractivity contribution in [2.45, 2.75) is 45.6 Å². The van der Waals surface area contributed by atoms with Gasteiger partial charge in [0.1, 0.15) is 0 Å². The summed E-state index contributed by atoms with van der Waals surface area (Å²) in [5, 5.41) is 3.10. The standard InChI is InChI=1S/C21H33N3O/c1-17-4-3-11-24(16-17)20-7-5-19(6-8-20)15-22-21(25)14-18-9-12-23(2)13-10-18/h5-8,17-18H,3-4,9-16H2,1-2H3,(H,22,25)/t17-/m1/s1. The van der Waals surface area contributed by atoms with Gasteiger partial charge in [0.25, 0.3) is 0 Å². The topological polar surface area (TPSA) is 35.6 Å². The van der Waals surface area contributed by atoms with Crippen LogP contribution >= 0.6 is 0 Å². The van der Waals surface area contributed by atoms with E-state index in [0.29, 0.717) is 18.9 Å². The SMILES string of the molecule is C[C@@H]1CCCN(c2ccc(CNC(=O)CC3CCN(C)CC3)cc2)C1. The van der Waals surface area contributed by atoms with Crippen LogP contribution in [0.5, 0.6) is 0 Å². The summed E-state index contributed by atoms with van der Waals surface area (Å²) in [4.78, 5) is 17.0. The van der Waals surface area contributed by atoms with Gasteiger partial charge in [-0.05, 0) is 75.4 Å². The van der Waals surface area contributed by atoms with Gasteiger partial charge in [-0.3, -0.25) is 4.79 Å². The largest absolute Gasteiger partial charge is 0.371 e. The van der Waals surface area contributed by atoms with E-state index in [4.69, 9.17) is 0 Å². The molecular weight excluding hydrogens is 310 g/mol. The fourth-order valence-corrected chi connectivity index (χ4v) is 4.05. The third-order valence-corrected chi connectivity index (χ3v) is 5.76. The summed E-state index contributed by atoms with van der Waals surface area (Å²) in [6.45, 7) is 7.54. The fourth-order valence-electron chi connectivity index (χ4n) is 4.05. The average molecular weight is 344 g/mol. The summed E-state index contributed by atoms with van der Waals surface area (Å²) < 4.78 is 0. The van der Waals surface area contributed by atoms with Crippen molar-refractivity contribution >= 4 is 11.6 Å². The van der Waals surface area contributed by atoms with Gasteiger partial charge in [-0.2, -0.15) is 0 Å². The summed E-state index contributed by atoms with van der Waals surface area (Å²) in [6, 6.07) is 8.72. The molecule has 0 unspecified atom stereocenters. The average Bonchev–Trinajstić information content (AvgIpc) is 2.62. The minimum atomic E-state index is 0.198. The van der Waals surface area contributed by atoms with Gasteiger partial charge in [-0.25, -0.2) is 0 Å². The molecule has 4 nitrogen and oxygen atoms in total. The van der Waals surface area contributed by atoms with E-state index in [0.717, 1.165) is 44.9 Å². The molecule has 2 aliphatic rings. The van der Waals surface area contributed by atoms with Crippen LogP contribution in [0, 0.1) is 11.8 Å². The number of piperidine rings is 2. The Kier molecular flexibility index (Phi) is 6.35. The summed E-state index contributed by atoms with van der Waals surface area (Å²) >= 11 is 0. The van der Waals surface area contributed by atoms with Crippen molar-refractivity contribution in [3.8, 4) is 0 Å². The van der Waals surface area contributed by atoms with E-state index < -0.39 is 0 Å². The second-order valence-corrected chi connectivity index (χ2v) is 8.09. The Morgan fingerprint density at radius 1 is 1.12 bits per heavy atom. The zero-order chi connectivity index (χ0) is 17.6. The minimum Gasteiger partial charge on any atom is -0.371 e. The molecule has 1 atom stereocenters. The van der Waals surface area contributed by atoms with Crippen molar-refractivity contribution < 1.29 is 4.79 Å². The molecule has 0 aromatic heterocycles. The second-order valence-electron chi connectivity index (χ2n) is 8.09. The predicted octanol–water partition coefficient (Wildman–Crippen LogP) is 3.27. The molecule has 1 aromatic rings. The van der Waals surface area contributed by atoms with Crippen molar-refractivity contribution in [3.05, 3.63) is 29.8 Å². The van der Waals surface area contributed by atoms with E-state index >= 15 is 0 Å². The molecule has 0 aliphatic carbocycles. The van der Waals surface area contributed by atoms with Crippen molar-refractivity contribution in [2.75, 3.05) is 38.1 Å². The van der Waals surface area contributed by atoms with Crippen LogP contribution in [-0.2, 0) is 11.3 Å². The Bertz CT molecular complexity index is 549. The van der Waals surface area contributed by atoms with Crippen LogP contribution in [0.1, 0.15) is 44.6 Å². The van der Waals surface area contributed by atoms with E-state index in [-0.39, 0.29) is 5.91 Å². The number of rotatable bonds is 5. The molecule has 138 valence electrons. The van der Waals surface area contributed by atoms with Gasteiger partial charge in [0.2, 0.25) is 5.91 Å². The number of likely N-dealkylation sites (tertiary alicyclic amines) is 1. The number of benzene rings is 1. The van der Waals surface area contributed by atoms with Gasteiger partial charge < -0.3 is 15.1 Å². The van der Waals surface area contributed by atoms with Crippen LogP contribution in [-0.4, -0.2) is 44.0 Å². The molecule has 3 rings (SSSR count). The maximum atomic E-state index is 12.2. The highest BCUT2D eigenvalue weighted by molar-refractivity contribution is 5.76. The molecule has 0 saturated carbocycles. The van der Waals surface area contributed by atoms with Crippen molar-refractivity contribution in [2.24, 2.45) is 11.8 Å². The highest BCUT2D eigenvalue weighted by atomic mass is 16.1. The Morgan fingerprint density at radius 3 is 2.52 bits per heavy atom. The molecule has 0 radical (unpaired) electrons. The van der Waals surface area contributed by atoms with Crippen LogP contribution in [0.3, 0.4) is 0 Å². The summed E-state index contributed by atoms with van der Waals surface area (Å²) in [5.41, 5.74) is 2.50. The van der Waals surface area contributed by atoms with E-state index in [9.17, 15) is 4.79 Å². The molecule has 1 N–H and O–H groups in total. The number of nitrogens with one attached hydrogen (secondary N) is 1. The van der Waals surface area contributed by atoms with Crippen molar-refractivity contribution in [3.63, 3.8) is 0 Å². The van der Waals surface area contributed by atoms with Gasteiger partial charge in [0.05, 0.1) is 0 Å². The zero-order valence-corrected chi connectivity index (χ0v) is 15.8. The number of nitrogens with zero attached hydrogens (tertiary/aromatic N) is 2. The molecule has 0 bridgehead atoms. The van der Waals surface area contributed by atoms with Gasteiger partial charge in [-0.1, -0.05) is 19.1 Å². The number of carbonyl (C=O) groups is 1. The van der Waals surface area contributed by atoms with Crippen molar-refractivity contribution in [1.29, 1.82) is 0 Å². The van der Waals surface area contributed by atoms with Crippen LogP contribution in [0.4, 0.5) is 5.69 Å². The van der Waals surface area contributed by atoms with Crippen molar-refractivity contribution in [1.82, 2.24) is 10.2 Å². The second kappa shape index (κ2) is 8.70. The lowest BCUT2D eigenvalue weighted by atomic mass is 9.93. The third kappa shape index (κ3) is 5.46. The van der Waals surface area contributed by atoms with E-state index in [1.54, 1.807) is 0 Å². The normalized spacial score (nSPS) is 22.8. The van der Waals surface area contributed by atoms with E-state index in [2.05, 4.69) is 53.4 Å². The molecule has 4 heteroatoms. The number of amides is 1. The summed E-state index contributed by atoms with van der Waals surface area (Å²) in [5.74, 6) is 1.54. The first-order valence-electron chi connectivity index (χ1n) is 9.89. The zero-order valence-electron chi connectivity index (χ0n) is 15.8. The Labute approximate surface area is 152 Å². The van der Waals surface area contributed by atoms with Crippen LogP contribution < -0.4 is 10.2 Å². The molecule has 0 spiro atoms. The first-order chi connectivity index (χ1) is 12.1. The maximum Gasteiger partial charge on any atom is 0.220 e. The lowest BCUT2D eigenvalue weighted by Crippen LogP contribution is -2.34. The van der Waals surface area contributed by atoms with Gasteiger partial charge in [0, 0.05) is 31.7 Å². The van der Waals surface area contributed by atoms with Crippen LogP contribution in [0.25, 0.3) is 0 Å². The smallest absolute Gasteiger partial charge is 0.220 e. The molecule has 2 aliphatic heterocycles. The van der Waals surface area contributed by atoms with Gasteiger partial charge in [-0.15, -0.1) is 0 Å².